The summed E-state index contributed by atoms with van der Waals surface area (Å²) in [7, 11) is -4.02. The molecule has 1 aromatic carbocycles. The zero-order valence-electron chi connectivity index (χ0n) is 10.3. The van der Waals surface area contributed by atoms with E-state index in [2.05, 4.69) is 0 Å². The SMILES string of the molecule is CCc1ccc(S(=O)(=O)Nc2ccc(F)c(F)c2F)s1. The van der Waals surface area contributed by atoms with Crippen LogP contribution in [0.5, 0.6) is 0 Å². The van der Waals surface area contributed by atoms with Crippen LogP contribution in [0, 0.1) is 17.5 Å². The summed E-state index contributed by atoms with van der Waals surface area (Å²) < 4.78 is 65.1. The Morgan fingerprint density at radius 1 is 1.10 bits per heavy atom. The van der Waals surface area contributed by atoms with Crippen LogP contribution in [0.4, 0.5) is 18.9 Å². The second kappa shape index (κ2) is 5.45. The highest BCUT2D eigenvalue weighted by Gasteiger charge is 2.21. The molecule has 0 bridgehead atoms. The van der Waals surface area contributed by atoms with Gasteiger partial charge in [-0.1, -0.05) is 6.92 Å². The van der Waals surface area contributed by atoms with E-state index in [0.717, 1.165) is 22.3 Å². The van der Waals surface area contributed by atoms with Crippen molar-refractivity contribution < 1.29 is 21.6 Å². The van der Waals surface area contributed by atoms with Crippen molar-refractivity contribution in [3.05, 3.63) is 46.6 Å². The minimum atomic E-state index is -4.02. The maximum Gasteiger partial charge on any atom is 0.271 e. The average Bonchev–Trinajstić information content (AvgIpc) is 2.89. The minimum Gasteiger partial charge on any atom is -0.276 e. The van der Waals surface area contributed by atoms with E-state index < -0.39 is 33.2 Å². The van der Waals surface area contributed by atoms with Crippen LogP contribution in [0.1, 0.15) is 11.8 Å². The fourth-order valence-corrected chi connectivity index (χ4v) is 3.85. The summed E-state index contributed by atoms with van der Waals surface area (Å²) >= 11 is 1.03. The number of halogens is 3. The summed E-state index contributed by atoms with van der Waals surface area (Å²) in [6.07, 6.45) is 0.666. The number of hydrogen-bond acceptors (Lipinski definition) is 3. The maximum atomic E-state index is 13.4. The lowest BCUT2D eigenvalue weighted by molar-refractivity contribution is 0.449. The maximum absolute atomic E-state index is 13.4. The molecule has 2 aromatic rings. The molecule has 0 aliphatic heterocycles. The first-order valence-corrected chi connectivity index (χ1v) is 7.90. The molecule has 2 rings (SSSR count). The van der Waals surface area contributed by atoms with E-state index in [1.807, 2.05) is 11.6 Å². The van der Waals surface area contributed by atoms with E-state index in [1.165, 1.54) is 6.07 Å². The van der Waals surface area contributed by atoms with Gasteiger partial charge in [-0.3, -0.25) is 4.72 Å². The lowest BCUT2D eigenvalue weighted by atomic mass is 10.3. The Morgan fingerprint density at radius 2 is 1.80 bits per heavy atom. The highest BCUT2D eigenvalue weighted by Crippen LogP contribution is 2.26. The number of sulfonamides is 1. The standard InChI is InChI=1S/C12H10F3NO2S2/c1-2-7-3-6-10(19-7)20(17,18)16-9-5-4-8(13)11(14)12(9)15/h3-6,16H,2H2,1H3. The van der Waals surface area contributed by atoms with E-state index >= 15 is 0 Å². The molecule has 1 aromatic heterocycles. The van der Waals surface area contributed by atoms with Crippen LogP contribution in [0.2, 0.25) is 0 Å². The van der Waals surface area contributed by atoms with Crippen LogP contribution in [-0.2, 0) is 16.4 Å². The summed E-state index contributed by atoms with van der Waals surface area (Å²) in [6, 6.07) is 4.51. The van der Waals surface area contributed by atoms with Crippen molar-refractivity contribution in [2.75, 3.05) is 4.72 Å². The van der Waals surface area contributed by atoms with Gasteiger partial charge >= 0.3 is 0 Å². The smallest absolute Gasteiger partial charge is 0.271 e. The molecule has 0 radical (unpaired) electrons. The number of nitrogens with one attached hydrogen (secondary N) is 1. The molecule has 0 aliphatic rings. The largest absolute Gasteiger partial charge is 0.276 e. The van der Waals surface area contributed by atoms with Crippen molar-refractivity contribution in [1.82, 2.24) is 0 Å². The number of thiophene rings is 1. The van der Waals surface area contributed by atoms with E-state index in [-0.39, 0.29) is 4.21 Å². The Morgan fingerprint density at radius 3 is 2.40 bits per heavy atom. The zero-order chi connectivity index (χ0) is 14.9. The van der Waals surface area contributed by atoms with Gasteiger partial charge in [-0.05, 0) is 30.7 Å². The molecular weight excluding hydrogens is 311 g/mol. The Hall–Kier alpha value is -1.54. The van der Waals surface area contributed by atoms with Gasteiger partial charge in [0.15, 0.2) is 17.5 Å². The Balaban J connectivity index is 2.36. The molecule has 0 saturated heterocycles. The number of rotatable bonds is 4. The summed E-state index contributed by atoms with van der Waals surface area (Å²) in [4.78, 5) is 0.844. The molecule has 0 unspecified atom stereocenters. The van der Waals surface area contributed by atoms with E-state index in [9.17, 15) is 21.6 Å². The van der Waals surface area contributed by atoms with Gasteiger partial charge in [0, 0.05) is 4.88 Å². The van der Waals surface area contributed by atoms with Crippen molar-refractivity contribution in [2.45, 2.75) is 17.6 Å². The number of aryl methyl sites for hydroxylation is 1. The van der Waals surface area contributed by atoms with Crippen molar-refractivity contribution >= 4 is 27.0 Å². The lowest BCUT2D eigenvalue weighted by Gasteiger charge is -2.08. The molecule has 1 N–H and O–H groups in total. The predicted molar refractivity (Wildman–Crippen MR) is 70.8 cm³/mol. The van der Waals surface area contributed by atoms with Crippen LogP contribution >= 0.6 is 11.3 Å². The highest BCUT2D eigenvalue weighted by atomic mass is 32.2. The summed E-state index contributed by atoms with van der Waals surface area (Å²) in [5, 5.41) is 0. The molecule has 108 valence electrons. The van der Waals surface area contributed by atoms with Gasteiger partial charge in [-0.15, -0.1) is 11.3 Å². The molecule has 1 heterocycles. The Kier molecular flexibility index (Phi) is 4.05. The fourth-order valence-electron chi connectivity index (χ4n) is 1.49. The Bertz CT molecular complexity index is 741. The molecular formula is C12H10F3NO2S2. The van der Waals surface area contributed by atoms with Crippen molar-refractivity contribution in [2.24, 2.45) is 0 Å². The van der Waals surface area contributed by atoms with Crippen molar-refractivity contribution in [1.29, 1.82) is 0 Å². The molecule has 0 fully saturated rings. The molecule has 0 amide bonds. The number of hydrogen-bond donors (Lipinski definition) is 1. The third-order valence-corrected chi connectivity index (χ3v) is 5.62. The minimum absolute atomic E-state index is 0.0153. The first kappa shape index (κ1) is 14.9. The molecule has 3 nitrogen and oxygen atoms in total. The van der Waals surface area contributed by atoms with Crippen molar-refractivity contribution in [3.8, 4) is 0 Å². The molecule has 0 aliphatic carbocycles. The lowest BCUT2D eigenvalue weighted by Crippen LogP contribution is -2.13. The molecule has 8 heteroatoms. The zero-order valence-corrected chi connectivity index (χ0v) is 11.9. The van der Waals surface area contributed by atoms with Crippen LogP contribution in [-0.4, -0.2) is 8.42 Å². The number of anilines is 1. The van der Waals surface area contributed by atoms with Crippen LogP contribution < -0.4 is 4.72 Å². The summed E-state index contributed by atoms with van der Waals surface area (Å²) in [5.74, 6) is -4.67. The quantitative estimate of drug-likeness (QED) is 0.876. The number of benzene rings is 1. The molecule has 0 saturated carbocycles. The third-order valence-electron chi connectivity index (χ3n) is 2.53. The summed E-state index contributed by atoms with van der Waals surface area (Å²) in [6.45, 7) is 1.87. The normalized spacial score (nSPS) is 11.6. The van der Waals surface area contributed by atoms with Crippen LogP contribution in [0.15, 0.2) is 28.5 Å². The topological polar surface area (TPSA) is 46.2 Å². The van der Waals surface area contributed by atoms with Crippen LogP contribution in [0.25, 0.3) is 0 Å². The van der Waals surface area contributed by atoms with Gasteiger partial charge in [0.1, 0.15) is 4.21 Å². The monoisotopic (exact) mass is 321 g/mol. The van der Waals surface area contributed by atoms with Gasteiger partial charge in [-0.2, -0.15) is 0 Å². The second-order valence-corrected chi connectivity index (χ2v) is 6.98. The van der Waals surface area contributed by atoms with Gasteiger partial charge in [0.05, 0.1) is 5.69 Å². The third kappa shape index (κ3) is 2.80. The average molecular weight is 321 g/mol. The molecule has 0 atom stereocenters. The first-order chi connectivity index (χ1) is 9.35. The fraction of sp³-hybridized carbons (Fsp3) is 0.167. The predicted octanol–water partition coefficient (Wildman–Crippen LogP) is 3.53. The Labute approximate surface area is 118 Å². The van der Waals surface area contributed by atoms with E-state index in [0.29, 0.717) is 12.5 Å². The van der Waals surface area contributed by atoms with E-state index in [1.54, 1.807) is 6.07 Å². The van der Waals surface area contributed by atoms with Gasteiger partial charge < -0.3 is 0 Å². The first-order valence-electron chi connectivity index (χ1n) is 5.60. The second-order valence-electron chi connectivity index (χ2n) is 3.90. The van der Waals surface area contributed by atoms with Crippen molar-refractivity contribution in [3.63, 3.8) is 0 Å². The highest BCUT2D eigenvalue weighted by molar-refractivity contribution is 7.94. The van der Waals surface area contributed by atoms with Gasteiger partial charge in [0.25, 0.3) is 10.0 Å². The molecule has 0 spiro atoms. The van der Waals surface area contributed by atoms with Gasteiger partial charge in [-0.25, -0.2) is 21.6 Å². The van der Waals surface area contributed by atoms with Gasteiger partial charge in [0.2, 0.25) is 0 Å². The van der Waals surface area contributed by atoms with Crippen LogP contribution in [0.3, 0.4) is 0 Å². The summed E-state index contributed by atoms with van der Waals surface area (Å²) in [5.41, 5.74) is -0.629. The molecule has 20 heavy (non-hydrogen) atoms. The van der Waals surface area contributed by atoms with E-state index in [4.69, 9.17) is 0 Å².